The molecule has 15 heavy (non-hydrogen) atoms. The number of alkyl halides is 2. The van der Waals surface area contributed by atoms with E-state index < -0.39 is 23.7 Å². The largest absolute Gasteiger partial charge is 0.476 e. The fourth-order valence-corrected chi connectivity index (χ4v) is 1.50. The van der Waals surface area contributed by atoms with Crippen LogP contribution in [0.25, 0.3) is 0 Å². The van der Waals surface area contributed by atoms with Gasteiger partial charge in [-0.15, -0.1) is 0 Å². The van der Waals surface area contributed by atoms with Gasteiger partial charge in [-0.1, -0.05) is 0 Å². The van der Waals surface area contributed by atoms with E-state index in [-0.39, 0.29) is 9.26 Å². The van der Waals surface area contributed by atoms with Crippen molar-refractivity contribution in [3.8, 4) is 6.07 Å². The summed E-state index contributed by atoms with van der Waals surface area (Å²) < 4.78 is 25.0. The number of hydrogen-bond donors (Lipinski definition) is 1. The van der Waals surface area contributed by atoms with E-state index in [1.807, 2.05) is 0 Å². The van der Waals surface area contributed by atoms with Crippen LogP contribution in [0.4, 0.5) is 8.78 Å². The molecule has 0 radical (unpaired) electrons. The van der Waals surface area contributed by atoms with Gasteiger partial charge in [0.1, 0.15) is 6.07 Å². The summed E-state index contributed by atoms with van der Waals surface area (Å²) in [5.41, 5.74) is -1.62. The molecule has 0 aliphatic carbocycles. The Kier molecular flexibility index (Phi) is 3.52. The molecular formula is C8H3F2IN2O2. The van der Waals surface area contributed by atoms with Crippen molar-refractivity contribution < 1.29 is 18.7 Å². The maximum absolute atomic E-state index is 12.4. The van der Waals surface area contributed by atoms with Crippen LogP contribution in [-0.4, -0.2) is 16.1 Å². The van der Waals surface area contributed by atoms with E-state index in [9.17, 15) is 13.6 Å². The number of carbonyl (C=O) groups is 1. The second kappa shape index (κ2) is 4.48. The maximum atomic E-state index is 12.4. The van der Waals surface area contributed by atoms with Gasteiger partial charge in [-0.25, -0.2) is 18.6 Å². The number of nitriles is 1. The van der Waals surface area contributed by atoms with Crippen molar-refractivity contribution in [2.24, 2.45) is 0 Å². The van der Waals surface area contributed by atoms with Crippen LogP contribution in [0.5, 0.6) is 0 Å². The Morgan fingerprint density at radius 2 is 2.27 bits per heavy atom. The number of halogens is 3. The standard InChI is InChI=1S/C8H3F2IN2O2/c9-7(10)3-1-4(11)5(2-12)13-6(3)8(14)15/h1,7H,(H,14,15). The molecule has 1 rings (SSSR count). The number of aromatic carboxylic acids is 1. The first-order chi connectivity index (χ1) is 6.97. The van der Waals surface area contributed by atoms with E-state index in [0.717, 1.165) is 6.07 Å². The number of pyridine rings is 1. The normalized spacial score (nSPS) is 10.1. The maximum Gasteiger partial charge on any atom is 0.355 e. The van der Waals surface area contributed by atoms with Gasteiger partial charge in [0.05, 0.1) is 9.13 Å². The van der Waals surface area contributed by atoms with E-state index in [4.69, 9.17) is 10.4 Å². The first kappa shape index (κ1) is 11.8. The Morgan fingerprint density at radius 1 is 1.67 bits per heavy atom. The van der Waals surface area contributed by atoms with Crippen molar-refractivity contribution in [1.29, 1.82) is 5.26 Å². The summed E-state index contributed by atoms with van der Waals surface area (Å²) in [5, 5.41) is 17.2. The zero-order valence-corrected chi connectivity index (χ0v) is 9.20. The molecule has 78 valence electrons. The summed E-state index contributed by atoms with van der Waals surface area (Å²) in [4.78, 5) is 14.0. The molecule has 0 amide bonds. The number of carboxylic acids is 1. The highest BCUT2D eigenvalue weighted by atomic mass is 127. The topological polar surface area (TPSA) is 74.0 Å². The third kappa shape index (κ3) is 2.38. The molecule has 0 unspecified atom stereocenters. The van der Waals surface area contributed by atoms with Crippen LogP contribution in [0.3, 0.4) is 0 Å². The molecular weight excluding hydrogens is 321 g/mol. The lowest BCUT2D eigenvalue weighted by molar-refractivity contribution is 0.0677. The van der Waals surface area contributed by atoms with E-state index in [1.165, 1.54) is 0 Å². The SMILES string of the molecule is N#Cc1nc(C(=O)O)c(C(F)F)cc1I. The average Bonchev–Trinajstić information content (AvgIpc) is 2.16. The average molecular weight is 324 g/mol. The zero-order valence-electron chi connectivity index (χ0n) is 7.04. The molecule has 0 bridgehead atoms. The number of carboxylic acid groups (broad SMARTS) is 1. The van der Waals surface area contributed by atoms with Crippen molar-refractivity contribution in [1.82, 2.24) is 4.98 Å². The van der Waals surface area contributed by atoms with Crippen molar-refractivity contribution in [2.75, 3.05) is 0 Å². The Labute approximate surface area is 96.7 Å². The molecule has 1 aromatic rings. The highest BCUT2D eigenvalue weighted by Crippen LogP contribution is 2.25. The lowest BCUT2D eigenvalue weighted by Gasteiger charge is -2.05. The Balaban J connectivity index is 3.47. The molecule has 1 aromatic heterocycles. The third-order valence-corrected chi connectivity index (χ3v) is 2.37. The van der Waals surface area contributed by atoms with Gasteiger partial charge < -0.3 is 5.11 Å². The van der Waals surface area contributed by atoms with Gasteiger partial charge in [-0.3, -0.25) is 0 Å². The van der Waals surface area contributed by atoms with Gasteiger partial charge in [0.25, 0.3) is 6.43 Å². The Bertz CT molecular complexity index is 457. The molecule has 0 atom stereocenters. The van der Waals surface area contributed by atoms with Gasteiger partial charge in [0, 0.05) is 0 Å². The van der Waals surface area contributed by atoms with Gasteiger partial charge in [0.2, 0.25) is 0 Å². The first-order valence-corrected chi connectivity index (χ1v) is 4.67. The second-order valence-electron chi connectivity index (χ2n) is 2.47. The van der Waals surface area contributed by atoms with Gasteiger partial charge in [-0.2, -0.15) is 5.26 Å². The molecule has 0 fully saturated rings. The van der Waals surface area contributed by atoms with Gasteiger partial charge in [0.15, 0.2) is 11.4 Å². The van der Waals surface area contributed by atoms with Crippen LogP contribution in [0.1, 0.15) is 28.2 Å². The Hall–Kier alpha value is -1.30. The molecule has 0 spiro atoms. The molecule has 1 N–H and O–H groups in total. The predicted molar refractivity (Wildman–Crippen MR) is 53.6 cm³/mol. The monoisotopic (exact) mass is 324 g/mol. The third-order valence-electron chi connectivity index (χ3n) is 1.55. The lowest BCUT2D eigenvalue weighted by Crippen LogP contribution is -2.09. The lowest BCUT2D eigenvalue weighted by atomic mass is 10.2. The quantitative estimate of drug-likeness (QED) is 0.847. The van der Waals surface area contributed by atoms with Crippen LogP contribution in [-0.2, 0) is 0 Å². The highest BCUT2D eigenvalue weighted by Gasteiger charge is 2.21. The number of aromatic nitrogens is 1. The van der Waals surface area contributed by atoms with Crippen LogP contribution in [0, 0.1) is 14.9 Å². The predicted octanol–water partition coefficient (Wildman–Crippen LogP) is 2.19. The summed E-state index contributed by atoms with van der Waals surface area (Å²) in [7, 11) is 0. The highest BCUT2D eigenvalue weighted by molar-refractivity contribution is 14.1. The Morgan fingerprint density at radius 3 is 2.67 bits per heavy atom. The smallest absolute Gasteiger partial charge is 0.355 e. The molecule has 1 heterocycles. The summed E-state index contributed by atoms with van der Waals surface area (Å²) in [6.45, 7) is 0. The molecule has 0 aliphatic heterocycles. The summed E-state index contributed by atoms with van der Waals surface area (Å²) in [6.07, 6.45) is -2.93. The molecule has 0 saturated heterocycles. The molecule has 4 nitrogen and oxygen atoms in total. The molecule has 0 aromatic carbocycles. The molecule has 0 aliphatic rings. The van der Waals surface area contributed by atoms with Crippen LogP contribution >= 0.6 is 22.6 Å². The second-order valence-corrected chi connectivity index (χ2v) is 3.64. The zero-order chi connectivity index (χ0) is 11.6. The van der Waals surface area contributed by atoms with E-state index in [2.05, 4.69) is 4.98 Å². The summed E-state index contributed by atoms with van der Waals surface area (Å²) in [5.74, 6) is -1.57. The van der Waals surface area contributed by atoms with Crippen LogP contribution in [0.15, 0.2) is 6.07 Å². The first-order valence-electron chi connectivity index (χ1n) is 3.59. The van der Waals surface area contributed by atoms with Crippen molar-refractivity contribution >= 4 is 28.6 Å². The van der Waals surface area contributed by atoms with Gasteiger partial charge >= 0.3 is 5.97 Å². The molecule has 0 saturated carbocycles. The van der Waals surface area contributed by atoms with Crippen LogP contribution in [0.2, 0.25) is 0 Å². The number of hydrogen-bond acceptors (Lipinski definition) is 3. The summed E-state index contributed by atoms with van der Waals surface area (Å²) >= 11 is 1.65. The molecule has 7 heteroatoms. The van der Waals surface area contributed by atoms with Crippen molar-refractivity contribution in [3.05, 3.63) is 26.6 Å². The van der Waals surface area contributed by atoms with Crippen molar-refractivity contribution in [2.45, 2.75) is 6.43 Å². The van der Waals surface area contributed by atoms with Crippen molar-refractivity contribution in [3.63, 3.8) is 0 Å². The minimum absolute atomic E-state index is 0.169. The number of rotatable bonds is 2. The van der Waals surface area contributed by atoms with Crippen LogP contribution < -0.4 is 0 Å². The minimum atomic E-state index is -2.93. The van der Waals surface area contributed by atoms with E-state index in [0.29, 0.717) is 0 Å². The van der Waals surface area contributed by atoms with E-state index in [1.54, 1.807) is 28.7 Å². The van der Waals surface area contributed by atoms with E-state index >= 15 is 0 Å². The minimum Gasteiger partial charge on any atom is -0.476 e. The fourth-order valence-electron chi connectivity index (χ4n) is 0.919. The number of nitrogens with zero attached hydrogens (tertiary/aromatic N) is 2. The fraction of sp³-hybridized carbons (Fsp3) is 0.125. The summed E-state index contributed by atoms with van der Waals surface area (Å²) in [6, 6.07) is 2.59. The van der Waals surface area contributed by atoms with Gasteiger partial charge in [-0.05, 0) is 28.7 Å².